The standard InChI is InChI=1S/C20H27N5O2.HI/c1-14-15(2)27-18(24-14)12-23-20(21-3)22-11-16-6-4-7-17(10-16)13-25-9-5-8-19(25)26;/h4,6-7,10H,5,8-9,11-13H2,1-3H3,(H2,21,22,23);1H. The second-order valence-electron chi connectivity index (χ2n) is 6.77. The van der Waals surface area contributed by atoms with Crippen molar-refractivity contribution < 1.29 is 9.21 Å². The van der Waals surface area contributed by atoms with Crippen LogP contribution >= 0.6 is 24.0 Å². The molecular formula is C20H28IN5O2. The highest BCUT2D eigenvalue weighted by atomic mass is 127. The summed E-state index contributed by atoms with van der Waals surface area (Å²) >= 11 is 0. The number of carbonyl (C=O) groups excluding carboxylic acids is 1. The van der Waals surface area contributed by atoms with Gasteiger partial charge in [0.1, 0.15) is 5.76 Å². The molecule has 3 rings (SSSR count). The molecule has 0 radical (unpaired) electrons. The Morgan fingerprint density at radius 3 is 2.64 bits per heavy atom. The molecule has 28 heavy (non-hydrogen) atoms. The molecule has 1 amide bonds. The average Bonchev–Trinajstić information content (AvgIpc) is 3.20. The molecule has 0 atom stereocenters. The molecule has 0 spiro atoms. The maximum Gasteiger partial charge on any atom is 0.222 e. The minimum absolute atomic E-state index is 0. The molecule has 0 bridgehead atoms. The van der Waals surface area contributed by atoms with Gasteiger partial charge in [0.15, 0.2) is 5.96 Å². The van der Waals surface area contributed by atoms with Crippen molar-refractivity contribution in [2.45, 2.75) is 46.3 Å². The van der Waals surface area contributed by atoms with E-state index < -0.39 is 0 Å². The zero-order valence-electron chi connectivity index (χ0n) is 16.6. The number of hydrogen-bond acceptors (Lipinski definition) is 4. The van der Waals surface area contributed by atoms with Gasteiger partial charge in [-0.1, -0.05) is 24.3 Å². The Balaban J connectivity index is 0.00000280. The van der Waals surface area contributed by atoms with Crippen molar-refractivity contribution in [3.8, 4) is 0 Å². The topological polar surface area (TPSA) is 82.8 Å². The van der Waals surface area contributed by atoms with E-state index in [1.54, 1.807) is 7.05 Å². The van der Waals surface area contributed by atoms with Gasteiger partial charge in [-0.2, -0.15) is 0 Å². The van der Waals surface area contributed by atoms with Gasteiger partial charge in [-0.05, 0) is 31.4 Å². The van der Waals surface area contributed by atoms with Crippen molar-refractivity contribution in [2.75, 3.05) is 13.6 Å². The molecule has 2 N–H and O–H groups in total. The third-order valence-corrected chi connectivity index (χ3v) is 4.70. The van der Waals surface area contributed by atoms with Gasteiger partial charge in [-0.15, -0.1) is 24.0 Å². The zero-order chi connectivity index (χ0) is 19.2. The van der Waals surface area contributed by atoms with Gasteiger partial charge < -0.3 is 20.0 Å². The number of likely N-dealkylation sites (tertiary alicyclic amines) is 1. The number of rotatable bonds is 6. The van der Waals surface area contributed by atoms with E-state index in [9.17, 15) is 4.79 Å². The van der Waals surface area contributed by atoms with Gasteiger partial charge in [0.25, 0.3) is 0 Å². The summed E-state index contributed by atoms with van der Waals surface area (Å²) in [6.45, 7) is 6.50. The van der Waals surface area contributed by atoms with Crippen molar-refractivity contribution in [1.82, 2.24) is 20.5 Å². The number of aromatic nitrogens is 1. The summed E-state index contributed by atoms with van der Waals surface area (Å²) in [6, 6.07) is 8.29. The van der Waals surface area contributed by atoms with Crippen LogP contribution in [0.2, 0.25) is 0 Å². The maximum absolute atomic E-state index is 11.8. The summed E-state index contributed by atoms with van der Waals surface area (Å²) in [5.41, 5.74) is 3.20. The minimum Gasteiger partial charge on any atom is -0.444 e. The first-order valence-corrected chi connectivity index (χ1v) is 9.28. The van der Waals surface area contributed by atoms with Crippen LogP contribution < -0.4 is 10.6 Å². The van der Waals surface area contributed by atoms with Crippen molar-refractivity contribution in [2.24, 2.45) is 4.99 Å². The number of guanidine groups is 1. The Labute approximate surface area is 183 Å². The summed E-state index contributed by atoms with van der Waals surface area (Å²) in [5.74, 6) is 2.41. The minimum atomic E-state index is 0. The van der Waals surface area contributed by atoms with Crippen LogP contribution in [0.5, 0.6) is 0 Å². The second kappa shape index (κ2) is 10.4. The predicted octanol–water partition coefficient (Wildman–Crippen LogP) is 2.90. The summed E-state index contributed by atoms with van der Waals surface area (Å²) in [4.78, 5) is 22.3. The van der Waals surface area contributed by atoms with Crippen molar-refractivity contribution >= 4 is 35.8 Å². The van der Waals surface area contributed by atoms with Gasteiger partial charge in [0, 0.05) is 33.1 Å². The Hall–Kier alpha value is -2.10. The van der Waals surface area contributed by atoms with Crippen LogP contribution in [0.25, 0.3) is 0 Å². The fourth-order valence-electron chi connectivity index (χ4n) is 3.11. The third-order valence-electron chi connectivity index (χ3n) is 4.70. The fraction of sp³-hybridized carbons (Fsp3) is 0.450. The lowest BCUT2D eigenvalue weighted by atomic mass is 10.1. The van der Waals surface area contributed by atoms with Crippen LogP contribution in [0.1, 0.15) is 41.3 Å². The number of aliphatic imine (C=N–C) groups is 1. The molecule has 7 nitrogen and oxygen atoms in total. The molecule has 1 aliphatic heterocycles. The summed E-state index contributed by atoms with van der Waals surface area (Å²) in [5, 5.41) is 6.50. The van der Waals surface area contributed by atoms with Crippen molar-refractivity contribution in [3.05, 3.63) is 52.7 Å². The fourth-order valence-corrected chi connectivity index (χ4v) is 3.11. The van der Waals surface area contributed by atoms with E-state index in [-0.39, 0.29) is 29.9 Å². The highest BCUT2D eigenvalue weighted by Crippen LogP contribution is 2.15. The van der Waals surface area contributed by atoms with Crippen molar-refractivity contribution in [1.29, 1.82) is 0 Å². The number of halogens is 1. The van der Waals surface area contributed by atoms with E-state index in [1.807, 2.05) is 24.8 Å². The largest absolute Gasteiger partial charge is 0.444 e. The van der Waals surface area contributed by atoms with E-state index >= 15 is 0 Å². The van der Waals surface area contributed by atoms with Gasteiger partial charge in [0.05, 0.1) is 12.2 Å². The lowest BCUT2D eigenvalue weighted by molar-refractivity contribution is -0.128. The molecule has 1 fully saturated rings. The molecule has 0 aliphatic carbocycles. The summed E-state index contributed by atoms with van der Waals surface area (Å²) in [6.07, 6.45) is 1.64. The predicted molar refractivity (Wildman–Crippen MR) is 120 cm³/mol. The molecule has 8 heteroatoms. The smallest absolute Gasteiger partial charge is 0.222 e. The molecule has 1 saturated heterocycles. The normalized spacial score (nSPS) is 14.2. The van der Waals surface area contributed by atoms with E-state index in [2.05, 4.69) is 38.8 Å². The Morgan fingerprint density at radius 2 is 2.00 bits per heavy atom. The molecule has 2 aromatic rings. The number of nitrogens with one attached hydrogen (secondary N) is 2. The highest BCUT2D eigenvalue weighted by molar-refractivity contribution is 14.0. The van der Waals surface area contributed by atoms with Crippen LogP contribution in [-0.4, -0.2) is 35.3 Å². The number of nitrogens with zero attached hydrogens (tertiary/aromatic N) is 3. The lowest BCUT2D eigenvalue weighted by Gasteiger charge is -2.16. The second-order valence-corrected chi connectivity index (χ2v) is 6.77. The van der Waals surface area contributed by atoms with Crippen LogP contribution in [0.3, 0.4) is 0 Å². The first kappa shape index (κ1) is 22.2. The molecule has 1 aromatic heterocycles. The van der Waals surface area contributed by atoms with Gasteiger partial charge in [-0.25, -0.2) is 4.98 Å². The number of oxazole rings is 1. The van der Waals surface area contributed by atoms with E-state index in [0.717, 1.165) is 35.5 Å². The number of carbonyl (C=O) groups is 1. The average molecular weight is 497 g/mol. The van der Waals surface area contributed by atoms with Crippen molar-refractivity contribution in [3.63, 3.8) is 0 Å². The molecule has 1 aliphatic rings. The maximum atomic E-state index is 11.8. The SMILES string of the molecule is CN=C(NCc1cccc(CN2CCCC2=O)c1)NCc1nc(C)c(C)o1.I. The van der Waals surface area contributed by atoms with Crippen LogP contribution in [0.4, 0.5) is 0 Å². The zero-order valence-corrected chi connectivity index (χ0v) is 18.9. The summed E-state index contributed by atoms with van der Waals surface area (Å²) in [7, 11) is 1.73. The van der Waals surface area contributed by atoms with Gasteiger partial charge >= 0.3 is 0 Å². The van der Waals surface area contributed by atoms with E-state index in [0.29, 0.717) is 37.9 Å². The van der Waals surface area contributed by atoms with Gasteiger partial charge in [0.2, 0.25) is 11.8 Å². The Bertz CT molecular complexity index is 814. The lowest BCUT2D eigenvalue weighted by Crippen LogP contribution is -2.36. The van der Waals surface area contributed by atoms with Crippen LogP contribution in [0, 0.1) is 13.8 Å². The van der Waals surface area contributed by atoms with Crippen LogP contribution in [0.15, 0.2) is 33.7 Å². The Morgan fingerprint density at radius 1 is 1.25 bits per heavy atom. The quantitative estimate of drug-likeness (QED) is 0.365. The number of amides is 1. The summed E-state index contributed by atoms with van der Waals surface area (Å²) < 4.78 is 5.57. The molecule has 2 heterocycles. The number of aryl methyl sites for hydroxylation is 2. The van der Waals surface area contributed by atoms with Gasteiger partial charge in [-0.3, -0.25) is 9.79 Å². The Kier molecular flexibility index (Phi) is 8.28. The molecule has 1 aromatic carbocycles. The number of benzene rings is 1. The molecule has 0 unspecified atom stereocenters. The third kappa shape index (κ3) is 5.95. The highest BCUT2D eigenvalue weighted by Gasteiger charge is 2.19. The molecule has 0 saturated carbocycles. The first-order valence-electron chi connectivity index (χ1n) is 9.28. The van der Waals surface area contributed by atoms with E-state index in [1.165, 1.54) is 0 Å². The number of hydrogen-bond donors (Lipinski definition) is 2. The molecule has 152 valence electrons. The van der Waals surface area contributed by atoms with E-state index in [4.69, 9.17) is 4.42 Å². The first-order chi connectivity index (χ1) is 13.0. The monoisotopic (exact) mass is 497 g/mol. The van der Waals surface area contributed by atoms with Crippen LogP contribution in [-0.2, 0) is 24.4 Å². The molecular weight excluding hydrogens is 469 g/mol.